The van der Waals surface area contributed by atoms with E-state index in [4.69, 9.17) is 23.2 Å². The van der Waals surface area contributed by atoms with Gasteiger partial charge in [0.25, 0.3) is 0 Å². The van der Waals surface area contributed by atoms with Gasteiger partial charge in [0.1, 0.15) is 6.33 Å². The molecule has 3 aromatic rings. The zero-order valence-electron chi connectivity index (χ0n) is 18.5. The van der Waals surface area contributed by atoms with Crippen molar-refractivity contribution < 1.29 is 4.79 Å². The fourth-order valence-corrected chi connectivity index (χ4v) is 7.31. The van der Waals surface area contributed by atoms with E-state index in [0.29, 0.717) is 29.2 Å². The maximum absolute atomic E-state index is 13.7. The first-order valence-corrected chi connectivity index (χ1v) is 12.3. The average Bonchev–Trinajstić information content (AvgIpc) is 3.34. The van der Waals surface area contributed by atoms with Crippen molar-refractivity contribution in [3.63, 3.8) is 0 Å². The van der Waals surface area contributed by atoms with Crippen LogP contribution in [0.2, 0.25) is 10.3 Å². The molecule has 4 aliphatic carbocycles. The summed E-state index contributed by atoms with van der Waals surface area (Å²) in [7, 11) is 0. The van der Waals surface area contributed by atoms with Crippen molar-refractivity contribution in [3.05, 3.63) is 58.2 Å². The van der Waals surface area contributed by atoms with Crippen molar-refractivity contribution in [2.75, 3.05) is 5.32 Å². The molecule has 1 N–H and O–H groups in total. The monoisotopic (exact) mass is 484 g/mol. The van der Waals surface area contributed by atoms with Gasteiger partial charge in [-0.3, -0.25) is 9.48 Å². The van der Waals surface area contributed by atoms with Crippen LogP contribution in [0.25, 0.3) is 0 Å². The van der Waals surface area contributed by atoms with Gasteiger partial charge in [0.05, 0.1) is 17.5 Å². The molecule has 7 nitrogen and oxygen atoms in total. The van der Waals surface area contributed by atoms with Gasteiger partial charge >= 0.3 is 0 Å². The summed E-state index contributed by atoms with van der Waals surface area (Å²) in [6.45, 7) is 2.56. The van der Waals surface area contributed by atoms with Gasteiger partial charge in [0.2, 0.25) is 11.2 Å². The highest BCUT2D eigenvalue weighted by molar-refractivity contribution is 6.31. The van der Waals surface area contributed by atoms with E-state index in [-0.39, 0.29) is 16.7 Å². The molecule has 0 spiro atoms. The zero-order valence-corrected chi connectivity index (χ0v) is 20.0. The minimum atomic E-state index is -0.400. The number of anilines is 1. The Morgan fingerprint density at radius 3 is 2.61 bits per heavy atom. The van der Waals surface area contributed by atoms with Gasteiger partial charge in [-0.05, 0) is 80.5 Å². The van der Waals surface area contributed by atoms with Crippen molar-refractivity contribution in [2.24, 2.45) is 17.3 Å². The molecule has 1 amide bonds. The van der Waals surface area contributed by atoms with E-state index in [1.54, 1.807) is 6.33 Å². The highest BCUT2D eigenvalue weighted by Gasteiger charge is 2.61. The van der Waals surface area contributed by atoms with E-state index < -0.39 is 5.41 Å². The highest BCUT2D eigenvalue weighted by atomic mass is 35.5. The molecule has 0 radical (unpaired) electrons. The van der Waals surface area contributed by atoms with E-state index in [9.17, 15) is 4.79 Å². The van der Waals surface area contributed by atoms with Crippen LogP contribution < -0.4 is 5.32 Å². The number of halogens is 2. The maximum atomic E-state index is 13.7. The molecule has 4 fully saturated rings. The van der Waals surface area contributed by atoms with Crippen molar-refractivity contribution in [2.45, 2.75) is 57.5 Å². The van der Waals surface area contributed by atoms with Gasteiger partial charge < -0.3 is 5.32 Å². The molecule has 9 heteroatoms. The summed E-state index contributed by atoms with van der Waals surface area (Å²) >= 11 is 12.4. The second kappa shape index (κ2) is 7.57. The topological polar surface area (TPSA) is 77.6 Å². The van der Waals surface area contributed by atoms with Gasteiger partial charge in [0, 0.05) is 16.8 Å². The predicted molar refractivity (Wildman–Crippen MR) is 126 cm³/mol. The number of hydrogen-bond donors (Lipinski definition) is 1. The third-order valence-electron chi connectivity index (χ3n) is 7.96. The second-order valence-corrected chi connectivity index (χ2v) is 11.0. The normalized spacial score (nSPS) is 30.0. The molecule has 4 bridgehead atoms. The molecule has 1 aromatic carbocycles. The number of carbonyl (C=O) groups excluding carboxylic acids is 1. The Morgan fingerprint density at radius 1 is 1.15 bits per heavy atom. The number of aryl methyl sites for hydroxylation is 1. The molecule has 2 atom stereocenters. The number of rotatable bonds is 5. The standard InChI is InChI=1S/C24H26Cl2N6O/c1-15-6-20(29-31(15)12-18-4-2-3-5-19(18)25)28-21(33)23-8-16-7-17(9-23)11-24(10-16,13-23)32-14-27-22(26)30-32/h2-6,14,16-17H,7-13H2,1H3,(H,28,29,33). The van der Waals surface area contributed by atoms with Crippen LogP contribution >= 0.6 is 23.2 Å². The quantitative estimate of drug-likeness (QED) is 0.547. The number of carbonyl (C=O) groups is 1. The van der Waals surface area contributed by atoms with Crippen molar-refractivity contribution in [3.8, 4) is 0 Å². The van der Waals surface area contributed by atoms with Crippen LogP contribution in [0.5, 0.6) is 0 Å². The molecule has 4 saturated carbocycles. The van der Waals surface area contributed by atoms with E-state index in [1.807, 2.05) is 46.6 Å². The molecule has 2 unspecified atom stereocenters. The largest absolute Gasteiger partial charge is 0.309 e. The summed E-state index contributed by atoms with van der Waals surface area (Å²) < 4.78 is 3.83. The van der Waals surface area contributed by atoms with Crippen molar-refractivity contribution in [1.29, 1.82) is 0 Å². The van der Waals surface area contributed by atoms with Crippen molar-refractivity contribution >= 4 is 34.9 Å². The first-order valence-electron chi connectivity index (χ1n) is 11.5. The smallest absolute Gasteiger partial charge is 0.242 e. The number of nitrogens with zero attached hydrogens (tertiary/aromatic N) is 5. The van der Waals surface area contributed by atoms with Crippen molar-refractivity contribution in [1.82, 2.24) is 24.5 Å². The van der Waals surface area contributed by atoms with Crippen LogP contribution in [0.1, 0.15) is 49.8 Å². The maximum Gasteiger partial charge on any atom is 0.242 e. The first kappa shape index (κ1) is 21.2. The van der Waals surface area contributed by atoms with Crippen LogP contribution in [-0.2, 0) is 16.9 Å². The number of nitrogens with one attached hydrogen (secondary N) is 1. The SMILES string of the molecule is Cc1cc(NC(=O)C23CC4CC(C2)CC(n2cnc(Cl)n2)(C4)C3)nn1Cc1ccccc1Cl. The Labute approximate surface area is 202 Å². The summed E-state index contributed by atoms with van der Waals surface area (Å²) in [6.07, 6.45) is 7.66. The fourth-order valence-electron chi connectivity index (χ4n) is 6.99. The van der Waals surface area contributed by atoms with Crippen LogP contribution in [0, 0.1) is 24.2 Å². The number of benzene rings is 1. The van der Waals surface area contributed by atoms with Crippen LogP contribution in [-0.4, -0.2) is 30.5 Å². The van der Waals surface area contributed by atoms with Crippen LogP contribution in [0.3, 0.4) is 0 Å². The second-order valence-electron chi connectivity index (χ2n) is 10.3. The van der Waals surface area contributed by atoms with Gasteiger partial charge in [-0.25, -0.2) is 9.67 Å². The molecule has 2 heterocycles. The Bertz CT molecular complexity index is 1220. The summed E-state index contributed by atoms with van der Waals surface area (Å²) in [5.41, 5.74) is 1.41. The van der Waals surface area contributed by atoms with Gasteiger partial charge in [-0.15, -0.1) is 5.10 Å². The van der Waals surface area contributed by atoms with E-state index in [1.165, 1.54) is 6.42 Å². The lowest BCUT2D eigenvalue weighted by molar-refractivity contribution is -0.150. The minimum absolute atomic E-state index is 0.0783. The summed E-state index contributed by atoms with van der Waals surface area (Å²) in [4.78, 5) is 17.9. The third kappa shape index (κ3) is 3.56. The first-order chi connectivity index (χ1) is 15.8. The van der Waals surface area contributed by atoms with Crippen LogP contribution in [0.15, 0.2) is 36.7 Å². The Kier molecular flexibility index (Phi) is 4.86. The molecule has 0 aliphatic heterocycles. The van der Waals surface area contributed by atoms with Gasteiger partial charge in [0.15, 0.2) is 5.82 Å². The fraction of sp³-hybridized carbons (Fsp3) is 0.500. The molecule has 2 aromatic heterocycles. The van der Waals surface area contributed by atoms with Gasteiger partial charge in [-0.2, -0.15) is 5.10 Å². The van der Waals surface area contributed by atoms with Crippen LogP contribution in [0.4, 0.5) is 5.82 Å². The highest BCUT2D eigenvalue weighted by Crippen LogP contribution is 2.64. The molecule has 33 heavy (non-hydrogen) atoms. The zero-order chi connectivity index (χ0) is 22.8. The van der Waals surface area contributed by atoms with E-state index in [0.717, 1.165) is 43.4 Å². The molecular formula is C24H26Cl2N6O. The van der Waals surface area contributed by atoms with Gasteiger partial charge in [-0.1, -0.05) is 29.8 Å². The average molecular weight is 485 g/mol. The summed E-state index contributed by atoms with van der Waals surface area (Å²) in [5, 5.41) is 13.3. The Balaban J connectivity index is 1.25. The molecule has 0 saturated heterocycles. The summed E-state index contributed by atoms with van der Waals surface area (Å²) in [6, 6.07) is 9.69. The molecule has 172 valence electrons. The number of hydrogen-bond acceptors (Lipinski definition) is 4. The number of aromatic nitrogens is 5. The molecule has 7 rings (SSSR count). The third-order valence-corrected chi connectivity index (χ3v) is 8.50. The minimum Gasteiger partial charge on any atom is -0.309 e. The molecular weight excluding hydrogens is 459 g/mol. The number of amides is 1. The summed E-state index contributed by atoms with van der Waals surface area (Å²) in [5.74, 6) is 1.73. The van der Waals surface area contributed by atoms with E-state index >= 15 is 0 Å². The predicted octanol–water partition coefficient (Wildman–Crippen LogP) is 5.07. The van der Waals surface area contributed by atoms with E-state index in [2.05, 4.69) is 20.5 Å². The lowest BCUT2D eigenvalue weighted by atomic mass is 9.46. The Hall–Kier alpha value is -2.38. The lowest BCUT2D eigenvalue weighted by Gasteiger charge is -2.60. The lowest BCUT2D eigenvalue weighted by Crippen LogP contribution is -2.60. The molecule has 4 aliphatic rings. The Morgan fingerprint density at radius 2 is 1.91 bits per heavy atom.